The summed E-state index contributed by atoms with van der Waals surface area (Å²) in [7, 11) is 0. The molecule has 2 rings (SSSR count). The predicted octanol–water partition coefficient (Wildman–Crippen LogP) is 1.81. The lowest BCUT2D eigenvalue weighted by atomic mass is 10.2. The topological polar surface area (TPSA) is 43.1 Å². The van der Waals surface area contributed by atoms with Crippen molar-refractivity contribution in [1.29, 1.82) is 0 Å². The summed E-state index contributed by atoms with van der Waals surface area (Å²) in [5, 5.41) is 0.875. The second-order valence-electron chi connectivity index (χ2n) is 3.38. The molecule has 4 heteroatoms. The van der Waals surface area contributed by atoms with Gasteiger partial charge in [0, 0.05) is 11.7 Å². The summed E-state index contributed by atoms with van der Waals surface area (Å²) < 4.78 is 5.10. The molecule has 0 fully saturated rings. The van der Waals surface area contributed by atoms with Crippen molar-refractivity contribution < 1.29 is 4.42 Å². The molecule has 0 saturated carbocycles. The largest absolute Gasteiger partial charge is 0.408 e. The van der Waals surface area contributed by atoms with Gasteiger partial charge in [0.15, 0.2) is 0 Å². The second-order valence-corrected chi connectivity index (χ2v) is 4.46. The van der Waals surface area contributed by atoms with Gasteiger partial charge in [-0.3, -0.25) is 0 Å². The van der Waals surface area contributed by atoms with E-state index in [9.17, 15) is 4.79 Å². The van der Waals surface area contributed by atoms with Gasteiger partial charge in [0.25, 0.3) is 0 Å². The number of hydrogen-bond acceptors (Lipinski definition) is 4. The van der Waals surface area contributed by atoms with Crippen LogP contribution in [0.25, 0.3) is 0 Å². The Balaban J connectivity index is 2.56. The molecule has 1 aromatic heterocycles. The van der Waals surface area contributed by atoms with Gasteiger partial charge >= 0.3 is 5.63 Å². The number of aromatic nitrogens is 1. The van der Waals surface area contributed by atoms with Crippen LogP contribution in [0.5, 0.6) is 0 Å². The molecule has 2 heterocycles. The van der Waals surface area contributed by atoms with E-state index in [1.165, 1.54) is 0 Å². The first kappa shape index (κ1) is 8.81. The summed E-state index contributed by atoms with van der Waals surface area (Å²) in [4.78, 5) is 15.7. The van der Waals surface area contributed by atoms with E-state index < -0.39 is 0 Å². The molecule has 0 bridgehead atoms. The molecule has 70 valence electrons. The standard InChI is InChI=1S/C9H11NO2S/c1-5(2)7-10-8-6(3-4-13-8)9(11)12-7/h5H,3-4H2,1-2H3. The highest BCUT2D eigenvalue weighted by Crippen LogP contribution is 2.27. The molecule has 0 radical (unpaired) electrons. The summed E-state index contributed by atoms with van der Waals surface area (Å²) in [6, 6.07) is 0. The molecule has 3 nitrogen and oxygen atoms in total. The van der Waals surface area contributed by atoms with Crippen molar-refractivity contribution in [3.63, 3.8) is 0 Å². The molecular weight excluding hydrogens is 186 g/mol. The Morgan fingerprint density at radius 3 is 3.00 bits per heavy atom. The van der Waals surface area contributed by atoms with Crippen molar-refractivity contribution >= 4 is 11.8 Å². The predicted molar refractivity (Wildman–Crippen MR) is 51.3 cm³/mol. The number of thioether (sulfide) groups is 1. The third-order valence-corrected chi connectivity index (χ3v) is 3.02. The van der Waals surface area contributed by atoms with E-state index in [4.69, 9.17) is 4.42 Å². The Bertz CT molecular complexity index is 384. The molecule has 0 amide bonds. The molecule has 0 unspecified atom stereocenters. The van der Waals surface area contributed by atoms with Crippen molar-refractivity contribution in [2.75, 3.05) is 5.75 Å². The molecule has 1 aromatic rings. The summed E-state index contributed by atoms with van der Waals surface area (Å²) in [5.41, 5.74) is 0.563. The SMILES string of the molecule is CC(C)c1nc2c(c(=O)o1)CCS2. The molecule has 0 saturated heterocycles. The van der Waals surface area contributed by atoms with Crippen LogP contribution in [0.2, 0.25) is 0 Å². The quantitative estimate of drug-likeness (QED) is 0.688. The summed E-state index contributed by atoms with van der Waals surface area (Å²) in [6.07, 6.45) is 0.799. The van der Waals surface area contributed by atoms with Crippen LogP contribution < -0.4 is 5.63 Å². The van der Waals surface area contributed by atoms with Gasteiger partial charge in [0.2, 0.25) is 5.89 Å². The molecule has 13 heavy (non-hydrogen) atoms. The van der Waals surface area contributed by atoms with E-state index in [0.717, 1.165) is 22.8 Å². The monoisotopic (exact) mass is 197 g/mol. The van der Waals surface area contributed by atoms with Gasteiger partial charge in [-0.25, -0.2) is 9.78 Å². The fraction of sp³-hybridized carbons (Fsp3) is 0.556. The van der Waals surface area contributed by atoms with E-state index in [2.05, 4.69) is 4.98 Å². The van der Waals surface area contributed by atoms with Crippen LogP contribution in [0, 0.1) is 0 Å². The van der Waals surface area contributed by atoms with Crippen molar-refractivity contribution in [1.82, 2.24) is 4.98 Å². The van der Waals surface area contributed by atoms with Gasteiger partial charge in [-0.1, -0.05) is 13.8 Å². The first-order valence-electron chi connectivity index (χ1n) is 4.35. The lowest BCUT2D eigenvalue weighted by Gasteiger charge is -2.03. The summed E-state index contributed by atoms with van der Waals surface area (Å²) >= 11 is 1.64. The number of hydrogen-bond donors (Lipinski definition) is 0. The van der Waals surface area contributed by atoms with Gasteiger partial charge in [0.05, 0.1) is 5.56 Å². The lowest BCUT2D eigenvalue weighted by Crippen LogP contribution is -2.10. The fourth-order valence-electron chi connectivity index (χ4n) is 1.26. The Morgan fingerprint density at radius 1 is 1.54 bits per heavy atom. The molecular formula is C9H11NO2S. The average Bonchev–Trinajstić information content (AvgIpc) is 2.51. The summed E-state index contributed by atoms with van der Waals surface area (Å²) in [5.74, 6) is 1.69. The van der Waals surface area contributed by atoms with Crippen molar-refractivity contribution in [3.8, 4) is 0 Å². The maximum Gasteiger partial charge on any atom is 0.343 e. The maximum absolute atomic E-state index is 11.4. The maximum atomic E-state index is 11.4. The van der Waals surface area contributed by atoms with Crippen molar-refractivity contribution in [3.05, 3.63) is 21.9 Å². The Labute approximate surface area is 80.6 Å². The number of rotatable bonds is 1. The van der Waals surface area contributed by atoms with Crippen LogP contribution in [0.15, 0.2) is 14.2 Å². The van der Waals surface area contributed by atoms with Crippen molar-refractivity contribution in [2.24, 2.45) is 0 Å². The molecule has 0 N–H and O–H groups in total. The number of fused-ring (bicyclic) bond motifs is 1. The van der Waals surface area contributed by atoms with Crippen LogP contribution in [0.1, 0.15) is 31.2 Å². The normalized spacial score (nSPS) is 15.0. The van der Waals surface area contributed by atoms with Crippen molar-refractivity contribution in [2.45, 2.75) is 31.2 Å². The zero-order valence-electron chi connectivity index (χ0n) is 7.66. The van der Waals surface area contributed by atoms with Gasteiger partial charge in [-0.05, 0) is 6.42 Å². The Morgan fingerprint density at radius 2 is 2.31 bits per heavy atom. The Hall–Kier alpha value is -0.770. The first-order valence-corrected chi connectivity index (χ1v) is 5.33. The second kappa shape index (κ2) is 3.18. The van der Waals surface area contributed by atoms with E-state index in [-0.39, 0.29) is 11.5 Å². The minimum Gasteiger partial charge on any atom is -0.408 e. The molecule has 0 atom stereocenters. The van der Waals surface area contributed by atoms with Crippen LogP contribution in [-0.4, -0.2) is 10.7 Å². The molecule has 1 aliphatic heterocycles. The van der Waals surface area contributed by atoms with Gasteiger partial charge < -0.3 is 4.42 Å². The van der Waals surface area contributed by atoms with Gasteiger partial charge in [-0.2, -0.15) is 0 Å². The minimum atomic E-state index is -0.196. The summed E-state index contributed by atoms with van der Waals surface area (Å²) in [6.45, 7) is 3.94. The van der Waals surface area contributed by atoms with E-state index in [1.807, 2.05) is 13.8 Å². The third kappa shape index (κ3) is 1.50. The average molecular weight is 197 g/mol. The smallest absolute Gasteiger partial charge is 0.343 e. The Kier molecular flexibility index (Phi) is 2.15. The van der Waals surface area contributed by atoms with Crippen LogP contribution in [0.3, 0.4) is 0 Å². The molecule has 0 spiro atoms. The third-order valence-electron chi connectivity index (χ3n) is 2.00. The molecule has 0 aliphatic carbocycles. The zero-order valence-corrected chi connectivity index (χ0v) is 8.48. The van der Waals surface area contributed by atoms with Gasteiger partial charge in [-0.15, -0.1) is 11.8 Å². The molecule has 0 aromatic carbocycles. The zero-order chi connectivity index (χ0) is 9.42. The lowest BCUT2D eigenvalue weighted by molar-refractivity contribution is 0.400. The highest BCUT2D eigenvalue weighted by molar-refractivity contribution is 7.99. The first-order chi connectivity index (χ1) is 6.18. The van der Waals surface area contributed by atoms with Crippen LogP contribution in [-0.2, 0) is 6.42 Å². The van der Waals surface area contributed by atoms with E-state index >= 15 is 0 Å². The van der Waals surface area contributed by atoms with E-state index in [0.29, 0.717) is 5.89 Å². The van der Waals surface area contributed by atoms with Crippen LogP contribution in [0.4, 0.5) is 0 Å². The molecule has 1 aliphatic rings. The van der Waals surface area contributed by atoms with Gasteiger partial charge in [0.1, 0.15) is 5.03 Å². The fourth-order valence-corrected chi connectivity index (χ4v) is 2.27. The highest BCUT2D eigenvalue weighted by Gasteiger charge is 2.20. The highest BCUT2D eigenvalue weighted by atomic mass is 32.2. The van der Waals surface area contributed by atoms with E-state index in [1.54, 1.807) is 11.8 Å². The number of nitrogens with zero attached hydrogens (tertiary/aromatic N) is 1. The van der Waals surface area contributed by atoms with Crippen LogP contribution >= 0.6 is 11.8 Å². The minimum absolute atomic E-state index is 0.180.